The third kappa shape index (κ3) is 4.83. The molecule has 0 unspecified atom stereocenters. The van der Waals surface area contributed by atoms with Crippen molar-refractivity contribution in [2.45, 2.75) is 40.5 Å². The highest BCUT2D eigenvalue weighted by Crippen LogP contribution is 2.23. The molecule has 0 aliphatic carbocycles. The first-order chi connectivity index (χ1) is 11.0. The van der Waals surface area contributed by atoms with Crippen molar-refractivity contribution in [3.63, 3.8) is 0 Å². The molecule has 0 saturated heterocycles. The van der Waals surface area contributed by atoms with Crippen LogP contribution in [0.25, 0.3) is 0 Å². The molecule has 0 spiro atoms. The minimum Gasteiger partial charge on any atom is -0.356 e. The van der Waals surface area contributed by atoms with E-state index in [1.54, 1.807) is 0 Å². The third-order valence-electron chi connectivity index (χ3n) is 3.58. The molecule has 0 atom stereocenters. The van der Waals surface area contributed by atoms with Gasteiger partial charge in [-0.1, -0.05) is 31.5 Å². The van der Waals surface area contributed by atoms with E-state index in [1.165, 1.54) is 0 Å². The Hall–Kier alpha value is -1.81. The summed E-state index contributed by atoms with van der Waals surface area (Å²) in [5.41, 5.74) is 2.91. The fourth-order valence-corrected chi connectivity index (χ4v) is 2.63. The van der Waals surface area contributed by atoms with E-state index in [1.807, 2.05) is 38.1 Å². The van der Waals surface area contributed by atoms with Gasteiger partial charge in [-0.05, 0) is 44.4 Å². The summed E-state index contributed by atoms with van der Waals surface area (Å²) in [4.78, 5) is 11.5. The van der Waals surface area contributed by atoms with Gasteiger partial charge in [0.1, 0.15) is 5.82 Å². The van der Waals surface area contributed by atoms with Crippen LogP contribution in [-0.2, 0) is 0 Å². The topological polar surface area (TPSA) is 41.1 Å². The highest BCUT2D eigenvalue weighted by atomic mass is 35.5. The van der Waals surface area contributed by atoms with Crippen LogP contribution in [0.1, 0.15) is 37.9 Å². The van der Waals surface area contributed by atoms with Crippen LogP contribution in [0.2, 0.25) is 5.02 Å². The summed E-state index contributed by atoms with van der Waals surface area (Å²) in [7, 11) is 0. The summed E-state index contributed by atoms with van der Waals surface area (Å²) in [6, 6.07) is 7.92. The number of benzene rings is 1. The summed E-state index contributed by atoms with van der Waals surface area (Å²) in [5.74, 6) is 1.58. The molecule has 23 heavy (non-hydrogen) atoms. The zero-order chi connectivity index (χ0) is 16.8. The van der Waals surface area contributed by atoms with Gasteiger partial charge in [0.25, 0.3) is 0 Å². The van der Waals surface area contributed by atoms with Crippen molar-refractivity contribution in [1.82, 2.24) is 9.97 Å². The number of halogens is 1. The first-order valence-electron chi connectivity index (χ1n) is 8.17. The molecule has 0 fully saturated rings. The van der Waals surface area contributed by atoms with Crippen LogP contribution in [-0.4, -0.2) is 23.1 Å². The lowest BCUT2D eigenvalue weighted by Gasteiger charge is -2.23. The highest BCUT2D eigenvalue weighted by Gasteiger charge is 2.10. The average molecular weight is 333 g/mol. The molecule has 5 heteroatoms. The van der Waals surface area contributed by atoms with E-state index >= 15 is 0 Å². The van der Waals surface area contributed by atoms with Crippen LogP contribution in [0.15, 0.2) is 24.3 Å². The quantitative estimate of drug-likeness (QED) is 0.764. The van der Waals surface area contributed by atoms with Crippen molar-refractivity contribution in [2.24, 2.45) is 0 Å². The van der Waals surface area contributed by atoms with Crippen molar-refractivity contribution in [3.05, 3.63) is 40.5 Å². The molecule has 0 saturated carbocycles. The maximum atomic E-state index is 6.19. The van der Waals surface area contributed by atoms with E-state index in [0.717, 1.165) is 53.7 Å². The van der Waals surface area contributed by atoms with E-state index < -0.39 is 0 Å². The van der Waals surface area contributed by atoms with Gasteiger partial charge in [-0.15, -0.1) is 0 Å². The van der Waals surface area contributed by atoms with Gasteiger partial charge in [0.15, 0.2) is 0 Å². The fourth-order valence-electron chi connectivity index (χ4n) is 2.45. The van der Waals surface area contributed by atoms with Gasteiger partial charge in [-0.25, -0.2) is 4.98 Å². The second-order valence-corrected chi connectivity index (χ2v) is 6.17. The molecule has 0 bridgehead atoms. The number of nitrogens with one attached hydrogen (secondary N) is 1. The van der Waals surface area contributed by atoms with Gasteiger partial charge in [0.05, 0.1) is 0 Å². The first-order valence-corrected chi connectivity index (χ1v) is 8.55. The summed E-state index contributed by atoms with van der Waals surface area (Å²) in [6.45, 7) is 10.4. The molecule has 1 N–H and O–H groups in total. The molecule has 0 radical (unpaired) electrons. The average Bonchev–Trinajstić information content (AvgIpc) is 2.50. The lowest BCUT2D eigenvalue weighted by Crippen LogP contribution is -2.26. The highest BCUT2D eigenvalue weighted by molar-refractivity contribution is 6.31. The predicted molar refractivity (Wildman–Crippen MR) is 99.0 cm³/mol. The minimum absolute atomic E-state index is 0.608. The Morgan fingerprint density at radius 1 is 1.04 bits per heavy atom. The van der Waals surface area contributed by atoms with E-state index in [2.05, 4.69) is 34.0 Å². The van der Waals surface area contributed by atoms with Crippen molar-refractivity contribution in [2.75, 3.05) is 23.3 Å². The SMILES string of the molecule is CCCN(CCC)c1cc(C)nc(Nc2ccc(C)c(Cl)c2)n1. The Morgan fingerprint density at radius 3 is 2.35 bits per heavy atom. The Kier molecular flexibility index (Phi) is 6.22. The molecule has 1 heterocycles. The standard InChI is InChI=1S/C18H25ClN4/c1-5-9-23(10-6-2)17-11-14(4)20-18(22-17)21-15-8-7-13(3)16(19)12-15/h7-8,11-12H,5-6,9-10H2,1-4H3,(H,20,21,22). The van der Waals surface area contributed by atoms with Crippen LogP contribution >= 0.6 is 11.6 Å². The maximum Gasteiger partial charge on any atom is 0.229 e. The number of aromatic nitrogens is 2. The second kappa shape index (κ2) is 8.16. The van der Waals surface area contributed by atoms with Gasteiger partial charge in [-0.3, -0.25) is 0 Å². The lowest BCUT2D eigenvalue weighted by molar-refractivity contribution is 0.732. The molecule has 0 aliphatic heterocycles. The largest absolute Gasteiger partial charge is 0.356 e. The van der Waals surface area contributed by atoms with Gasteiger partial charge in [0.2, 0.25) is 5.95 Å². The Bertz CT molecular complexity index is 651. The maximum absolute atomic E-state index is 6.19. The zero-order valence-corrected chi connectivity index (χ0v) is 15.1. The number of hydrogen-bond donors (Lipinski definition) is 1. The summed E-state index contributed by atoms with van der Waals surface area (Å²) >= 11 is 6.19. The minimum atomic E-state index is 0.608. The lowest BCUT2D eigenvalue weighted by atomic mass is 10.2. The molecule has 1 aromatic carbocycles. The molecule has 2 aromatic rings. The van der Waals surface area contributed by atoms with E-state index in [0.29, 0.717) is 5.95 Å². The molecular formula is C18H25ClN4. The van der Waals surface area contributed by atoms with Gasteiger partial charge in [0, 0.05) is 35.6 Å². The Labute approximate surface area is 143 Å². The molecule has 1 aromatic heterocycles. The van der Waals surface area contributed by atoms with Crippen molar-refractivity contribution < 1.29 is 0 Å². The monoisotopic (exact) mass is 332 g/mol. The number of nitrogens with zero attached hydrogens (tertiary/aromatic N) is 3. The van der Waals surface area contributed by atoms with E-state index in [-0.39, 0.29) is 0 Å². The van der Waals surface area contributed by atoms with Crippen molar-refractivity contribution in [1.29, 1.82) is 0 Å². The summed E-state index contributed by atoms with van der Waals surface area (Å²) in [6.07, 6.45) is 2.19. The smallest absolute Gasteiger partial charge is 0.229 e. The zero-order valence-electron chi connectivity index (χ0n) is 14.4. The molecule has 124 valence electrons. The van der Waals surface area contributed by atoms with E-state index in [9.17, 15) is 0 Å². The number of aryl methyl sites for hydroxylation is 2. The molecule has 2 rings (SSSR count). The Morgan fingerprint density at radius 2 is 1.74 bits per heavy atom. The second-order valence-electron chi connectivity index (χ2n) is 5.77. The fraction of sp³-hybridized carbons (Fsp3) is 0.444. The van der Waals surface area contributed by atoms with Crippen LogP contribution in [0.5, 0.6) is 0 Å². The molecular weight excluding hydrogens is 308 g/mol. The van der Waals surface area contributed by atoms with Crippen LogP contribution in [0, 0.1) is 13.8 Å². The molecule has 0 amide bonds. The summed E-state index contributed by atoms with van der Waals surface area (Å²) in [5, 5.41) is 4.00. The van der Waals surface area contributed by atoms with Gasteiger partial charge in [-0.2, -0.15) is 4.98 Å². The van der Waals surface area contributed by atoms with Crippen LogP contribution in [0.3, 0.4) is 0 Å². The van der Waals surface area contributed by atoms with Crippen LogP contribution < -0.4 is 10.2 Å². The normalized spacial score (nSPS) is 10.7. The predicted octanol–water partition coefficient (Wildman–Crippen LogP) is 5.12. The van der Waals surface area contributed by atoms with Gasteiger partial charge >= 0.3 is 0 Å². The molecule has 4 nitrogen and oxygen atoms in total. The summed E-state index contributed by atoms with van der Waals surface area (Å²) < 4.78 is 0. The first kappa shape index (κ1) is 17.5. The number of hydrogen-bond acceptors (Lipinski definition) is 4. The third-order valence-corrected chi connectivity index (χ3v) is 3.99. The van der Waals surface area contributed by atoms with Gasteiger partial charge < -0.3 is 10.2 Å². The van der Waals surface area contributed by atoms with E-state index in [4.69, 9.17) is 11.6 Å². The van der Waals surface area contributed by atoms with Crippen molar-refractivity contribution >= 4 is 29.1 Å². The van der Waals surface area contributed by atoms with Crippen LogP contribution in [0.4, 0.5) is 17.5 Å². The Balaban J connectivity index is 2.26. The molecule has 0 aliphatic rings. The van der Waals surface area contributed by atoms with Crippen molar-refractivity contribution in [3.8, 4) is 0 Å². The number of rotatable bonds is 7. The number of anilines is 3.